The minimum absolute atomic E-state index is 0.178. The Morgan fingerprint density at radius 2 is 2.29 bits per heavy atom. The van der Waals surface area contributed by atoms with Gasteiger partial charge in [-0.1, -0.05) is 0 Å². The Bertz CT molecular complexity index is 364. The zero-order valence-electron chi connectivity index (χ0n) is 7.66. The van der Waals surface area contributed by atoms with E-state index < -0.39 is 5.60 Å². The molecule has 0 aromatic carbocycles. The topological polar surface area (TPSA) is 53.7 Å². The van der Waals surface area contributed by atoms with Crippen molar-refractivity contribution in [1.82, 2.24) is 4.90 Å². The molecule has 1 aliphatic rings. The lowest BCUT2D eigenvalue weighted by molar-refractivity contribution is -0.0678. The number of likely N-dealkylation sites (tertiary alicyclic amines) is 1. The normalized spacial score (nSPS) is 19.2. The first-order valence-electron chi connectivity index (χ1n) is 4.25. The molecule has 0 atom stereocenters. The number of aliphatic hydroxyl groups is 1. The molecule has 1 aromatic heterocycles. The van der Waals surface area contributed by atoms with Crippen LogP contribution in [0.4, 0.5) is 0 Å². The molecule has 1 N–H and O–H groups in total. The van der Waals surface area contributed by atoms with E-state index in [0.29, 0.717) is 23.5 Å². The summed E-state index contributed by atoms with van der Waals surface area (Å²) in [6, 6.07) is 3.28. The predicted octanol–water partition coefficient (Wildman–Crippen LogP) is 1.25. The maximum Gasteiger partial charge on any atom is 0.289 e. The third kappa shape index (κ3) is 1.69. The molecule has 0 saturated carbocycles. The van der Waals surface area contributed by atoms with Gasteiger partial charge >= 0.3 is 0 Å². The van der Waals surface area contributed by atoms with Gasteiger partial charge in [-0.3, -0.25) is 4.79 Å². The highest BCUT2D eigenvalue weighted by molar-refractivity contribution is 9.10. The fourth-order valence-electron chi connectivity index (χ4n) is 1.50. The number of nitrogens with zero attached hydrogens (tertiary/aromatic N) is 1. The first-order chi connectivity index (χ1) is 6.48. The summed E-state index contributed by atoms with van der Waals surface area (Å²) in [4.78, 5) is 13.2. The molecule has 0 unspecified atom stereocenters. The number of hydrogen-bond donors (Lipinski definition) is 1. The summed E-state index contributed by atoms with van der Waals surface area (Å²) in [6.07, 6.45) is 0. The van der Waals surface area contributed by atoms with Gasteiger partial charge in [-0.25, -0.2) is 0 Å². The third-order valence-electron chi connectivity index (χ3n) is 2.13. The number of carbonyl (C=O) groups excluding carboxylic acids is 1. The Kier molecular flexibility index (Phi) is 2.16. The molecule has 1 amide bonds. The fraction of sp³-hybridized carbons (Fsp3) is 0.444. The second kappa shape index (κ2) is 3.10. The van der Waals surface area contributed by atoms with E-state index in [0.717, 1.165) is 0 Å². The van der Waals surface area contributed by atoms with Crippen molar-refractivity contribution in [3.8, 4) is 0 Å². The number of carbonyl (C=O) groups is 1. The molecule has 0 spiro atoms. The molecule has 5 heteroatoms. The Balaban J connectivity index is 2.04. The predicted molar refractivity (Wildman–Crippen MR) is 52.9 cm³/mol. The van der Waals surface area contributed by atoms with Crippen LogP contribution in [0.15, 0.2) is 21.2 Å². The van der Waals surface area contributed by atoms with Crippen molar-refractivity contribution >= 4 is 21.8 Å². The highest BCUT2D eigenvalue weighted by Crippen LogP contribution is 2.23. The lowest BCUT2D eigenvalue weighted by atomic mass is 9.97. The third-order valence-corrected chi connectivity index (χ3v) is 2.56. The molecule has 14 heavy (non-hydrogen) atoms. The highest BCUT2D eigenvalue weighted by atomic mass is 79.9. The molecule has 1 saturated heterocycles. The van der Waals surface area contributed by atoms with Crippen LogP contribution in [0, 0.1) is 0 Å². The summed E-state index contributed by atoms with van der Waals surface area (Å²) in [5.41, 5.74) is -0.737. The average Bonchev–Trinajstić information content (AvgIpc) is 2.46. The van der Waals surface area contributed by atoms with Crippen molar-refractivity contribution < 1.29 is 14.3 Å². The van der Waals surface area contributed by atoms with Gasteiger partial charge in [0.2, 0.25) is 0 Å². The van der Waals surface area contributed by atoms with E-state index in [4.69, 9.17) is 4.42 Å². The number of β-amino-alcohol motifs (C(OH)–C–C–N with tert-alkyl or cyclic N) is 1. The van der Waals surface area contributed by atoms with E-state index in [1.807, 2.05) is 0 Å². The van der Waals surface area contributed by atoms with Crippen LogP contribution in [0.3, 0.4) is 0 Å². The minimum atomic E-state index is -0.737. The number of halogens is 1. The standard InChI is InChI=1S/C9H10BrNO3/c1-9(13)4-11(5-9)8(12)6-2-3-7(10)14-6/h2-3,13H,4-5H2,1H3. The summed E-state index contributed by atoms with van der Waals surface area (Å²) in [5.74, 6) is 0.120. The molecule has 0 aliphatic carbocycles. The summed E-state index contributed by atoms with van der Waals surface area (Å²) < 4.78 is 5.65. The summed E-state index contributed by atoms with van der Waals surface area (Å²) in [6.45, 7) is 2.43. The van der Waals surface area contributed by atoms with Gasteiger partial charge < -0.3 is 14.4 Å². The van der Waals surface area contributed by atoms with Gasteiger partial charge in [-0.05, 0) is 35.0 Å². The molecule has 4 nitrogen and oxygen atoms in total. The minimum Gasteiger partial charge on any atom is -0.444 e. The molecule has 1 aliphatic heterocycles. The van der Waals surface area contributed by atoms with Crippen LogP contribution < -0.4 is 0 Å². The van der Waals surface area contributed by atoms with Crippen LogP contribution in [-0.2, 0) is 0 Å². The maximum atomic E-state index is 11.6. The number of amides is 1. The van der Waals surface area contributed by atoms with Gasteiger partial charge in [-0.2, -0.15) is 0 Å². The number of rotatable bonds is 1. The smallest absolute Gasteiger partial charge is 0.289 e. The zero-order valence-corrected chi connectivity index (χ0v) is 9.24. The molecule has 1 fully saturated rings. The van der Waals surface area contributed by atoms with Crippen LogP contribution in [0.25, 0.3) is 0 Å². The van der Waals surface area contributed by atoms with Gasteiger partial charge in [0.1, 0.15) is 0 Å². The van der Waals surface area contributed by atoms with Gasteiger partial charge in [0.15, 0.2) is 10.4 Å². The monoisotopic (exact) mass is 259 g/mol. The molecule has 76 valence electrons. The van der Waals surface area contributed by atoms with Crippen LogP contribution in [0.2, 0.25) is 0 Å². The molecule has 2 heterocycles. The molecule has 0 bridgehead atoms. The van der Waals surface area contributed by atoms with E-state index in [1.165, 1.54) is 0 Å². The molecule has 0 radical (unpaired) electrons. The van der Waals surface area contributed by atoms with Crippen LogP contribution >= 0.6 is 15.9 Å². The van der Waals surface area contributed by atoms with Crippen LogP contribution in [0.1, 0.15) is 17.5 Å². The largest absolute Gasteiger partial charge is 0.444 e. The van der Waals surface area contributed by atoms with E-state index in [-0.39, 0.29) is 5.91 Å². The number of furan rings is 1. The Hall–Kier alpha value is -0.810. The molecule has 1 aromatic rings. The van der Waals surface area contributed by atoms with Gasteiger partial charge in [-0.15, -0.1) is 0 Å². The highest BCUT2D eigenvalue weighted by Gasteiger charge is 2.40. The van der Waals surface area contributed by atoms with Gasteiger partial charge in [0.05, 0.1) is 18.7 Å². The first-order valence-corrected chi connectivity index (χ1v) is 5.04. The maximum absolute atomic E-state index is 11.6. The van der Waals surface area contributed by atoms with Crippen molar-refractivity contribution in [2.24, 2.45) is 0 Å². The second-order valence-corrected chi connectivity index (χ2v) is 4.54. The van der Waals surface area contributed by atoms with E-state index in [2.05, 4.69) is 15.9 Å². The fourth-order valence-corrected chi connectivity index (χ4v) is 1.81. The van der Waals surface area contributed by atoms with Gasteiger partial charge in [0.25, 0.3) is 5.91 Å². The van der Waals surface area contributed by atoms with Crippen molar-refractivity contribution in [2.45, 2.75) is 12.5 Å². The van der Waals surface area contributed by atoms with Crippen LogP contribution in [0.5, 0.6) is 0 Å². The summed E-state index contributed by atoms with van der Waals surface area (Å²) in [5, 5.41) is 9.45. The number of hydrogen-bond acceptors (Lipinski definition) is 3. The van der Waals surface area contributed by atoms with E-state index >= 15 is 0 Å². The quantitative estimate of drug-likeness (QED) is 0.826. The molecule has 2 rings (SSSR count). The van der Waals surface area contributed by atoms with Crippen molar-refractivity contribution in [3.05, 3.63) is 22.6 Å². The Morgan fingerprint density at radius 3 is 2.71 bits per heavy atom. The molecular formula is C9H10BrNO3. The van der Waals surface area contributed by atoms with E-state index in [1.54, 1.807) is 24.0 Å². The van der Waals surface area contributed by atoms with Crippen molar-refractivity contribution in [1.29, 1.82) is 0 Å². The molecular weight excluding hydrogens is 250 g/mol. The average molecular weight is 260 g/mol. The zero-order chi connectivity index (χ0) is 10.3. The first kappa shape index (κ1) is 9.73. The second-order valence-electron chi connectivity index (χ2n) is 3.76. The Labute approximate surface area is 89.6 Å². The lowest BCUT2D eigenvalue weighted by Crippen LogP contribution is -2.61. The van der Waals surface area contributed by atoms with E-state index in [9.17, 15) is 9.90 Å². The van der Waals surface area contributed by atoms with Crippen molar-refractivity contribution in [2.75, 3.05) is 13.1 Å². The van der Waals surface area contributed by atoms with Crippen molar-refractivity contribution in [3.63, 3.8) is 0 Å². The van der Waals surface area contributed by atoms with Gasteiger partial charge in [0, 0.05) is 0 Å². The lowest BCUT2D eigenvalue weighted by Gasteiger charge is -2.43. The summed E-state index contributed by atoms with van der Waals surface area (Å²) >= 11 is 3.13. The Morgan fingerprint density at radius 1 is 1.64 bits per heavy atom. The van der Waals surface area contributed by atoms with Crippen LogP contribution in [-0.4, -0.2) is 34.6 Å². The summed E-state index contributed by atoms with van der Waals surface area (Å²) in [7, 11) is 0. The SMILES string of the molecule is CC1(O)CN(C(=O)c2ccc(Br)o2)C1.